The minimum Gasteiger partial charge on any atom is -0.403 e. The number of rotatable bonds is 9. The molecular formula is C21H25ClFN7. The highest BCUT2D eigenvalue weighted by Gasteiger charge is 2.14. The Morgan fingerprint density at radius 1 is 1.37 bits per heavy atom. The van der Waals surface area contributed by atoms with Crippen molar-refractivity contribution in [1.29, 1.82) is 0 Å². The summed E-state index contributed by atoms with van der Waals surface area (Å²) in [6.07, 6.45) is 8.06. The van der Waals surface area contributed by atoms with Crippen LogP contribution < -0.4 is 16.4 Å². The van der Waals surface area contributed by atoms with Crippen molar-refractivity contribution in [3.8, 4) is 11.3 Å². The van der Waals surface area contributed by atoms with Gasteiger partial charge < -0.3 is 21.3 Å². The van der Waals surface area contributed by atoms with Crippen LogP contribution >= 0.6 is 11.6 Å². The molecule has 0 amide bonds. The van der Waals surface area contributed by atoms with Gasteiger partial charge >= 0.3 is 0 Å². The quantitative estimate of drug-likeness (QED) is 0.413. The van der Waals surface area contributed by atoms with Gasteiger partial charge in [0.15, 0.2) is 0 Å². The van der Waals surface area contributed by atoms with E-state index in [1.54, 1.807) is 19.2 Å². The van der Waals surface area contributed by atoms with E-state index >= 15 is 0 Å². The molecule has 0 unspecified atom stereocenters. The molecule has 2 rings (SSSR count). The second-order valence-corrected chi connectivity index (χ2v) is 6.94. The summed E-state index contributed by atoms with van der Waals surface area (Å²) in [5.74, 6) is -0.259. The Balaban J connectivity index is 2.30. The first-order chi connectivity index (χ1) is 14.3. The number of anilines is 2. The van der Waals surface area contributed by atoms with Gasteiger partial charge in [0.25, 0.3) is 0 Å². The van der Waals surface area contributed by atoms with Crippen molar-refractivity contribution in [2.45, 2.75) is 0 Å². The molecule has 0 atom stereocenters. The number of benzene rings is 1. The van der Waals surface area contributed by atoms with E-state index in [2.05, 4.69) is 32.2 Å². The van der Waals surface area contributed by atoms with Gasteiger partial charge in [0.1, 0.15) is 5.82 Å². The third kappa shape index (κ3) is 6.68. The molecule has 2 aromatic rings. The fraction of sp³-hybridized carbons (Fsp3) is 0.190. The van der Waals surface area contributed by atoms with Crippen molar-refractivity contribution in [2.75, 3.05) is 38.3 Å². The molecule has 1 aromatic carbocycles. The number of hydrogen-bond acceptors (Lipinski definition) is 7. The molecule has 0 aliphatic carbocycles. The first kappa shape index (κ1) is 23.1. The predicted octanol–water partition coefficient (Wildman–Crippen LogP) is 3.89. The molecule has 9 heteroatoms. The van der Waals surface area contributed by atoms with Crippen LogP contribution in [-0.2, 0) is 0 Å². The summed E-state index contributed by atoms with van der Waals surface area (Å²) in [5, 5.41) is 6.25. The molecule has 0 aliphatic heterocycles. The second-order valence-electron chi connectivity index (χ2n) is 6.53. The molecule has 4 N–H and O–H groups in total. The minimum absolute atomic E-state index is 0.208. The highest BCUT2D eigenvalue weighted by atomic mass is 35.5. The van der Waals surface area contributed by atoms with Crippen molar-refractivity contribution in [3.63, 3.8) is 0 Å². The Morgan fingerprint density at radius 2 is 2.13 bits per heavy atom. The zero-order valence-corrected chi connectivity index (χ0v) is 17.9. The summed E-state index contributed by atoms with van der Waals surface area (Å²) >= 11 is 6.25. The van der Waals surface area contributed by atoms with Gasteiger partial charge in [0, 0.05) is 43.0 Å². The Labute approximate surface area is 180 Å². The van der Waals surface area contributed by atoms with Crippen molar-refractivity contribution in [3.05, 3.63) is 71.6 Å². The van der Waals surface area contributed by atoms with Crippen LogP contribution in [0.25, 0.3) is 11.3 Å². The lowest BCUT2D eigenvalue weighted by Crippen LogP contribution is -2.10. The molecule has 1 aromatic heterocycles. The minimum atomic E-state index is -0.467. The average Bonchev–Trinajstić information content (AvgIpc) is 2.70. The fourth-order valence-electron chi connectivity index (χ4n) is 2.42. The maximum Gasteiger partial charge on any atom is 0.227 e. The van der Waals surface area contributed by atoms with Gasteiger partial charge in [-0.3, -0.25) is 4.99 Å². The molecule has 1 heterocycles. The van der Waals surface area contributed by atoms with Crippen molar-refractivity contribution < 1.29 is 4.39 Å². The summed E-state index contributed by atoms with van der Waals surface area (Å²) in [4.78, 5) is 14.4. The Kier molecular flexibility index (Phi) is 8.52. The van der Waals surface area contributed by atoms with Crippen LogP contribution in [0.15, 0.2) is 65.7 Å². The first-order valence-electron chi connectivity index (χ1n) is 9.04. The number of hydrogen-bond donors (Lipinski definition) is 3. The van der Waals surface area contributed by atoms with Gasteiger partial charge in [0.2, 0.25) is 5.95 Å². The Morgan fingerprint density at radius 3 is 2.80 bits per heavy atom. The van der Waals surface area contributed by atoms with Gasteiger partial charge in [0.05, 0.1) is 22.6 Å². The van der Waals surface area contributed by atoms with Gasteiger partial charge in [-0.25, -0.2) is 14.4 Å². The highest BCUT2D eigenvalue weighted by Crippen LogP contribution is 2.31. The molecule has 0 aliphatic rings. The number of nitrogens with zero attached hydrogens (tertiary/aromatic N) is 4. The van der Waals surface area contributed by atoms with E-state index in [9.17, 15) is 4.39 Å². The number of aromatic nitrogens is 2. The smallest absolute Gasteiger partial charge is 0.227 e. The molecule has 0 bridgehead atoms. The summed E-state index contributed by atoms with van der Waals surface area (Å²) in [6.45, 7) is 4.74. The van der Waals surface area contributed by atoms with Gasteiger partial charge in [-0.05, 0) is 38.4 Å². The van der Waals surface area contributed by atoms with Gasteiger partial charge in [-0.1, -0.05) is 24.3 Å². The molecule has 0 radical (unpaired) electrons. The van der Waals surface area contributed by atoms with E-state index < -0.39 is 5.82 Å². The molecule has 30 heavy (non-hydrogen) atoms. The maximum atomic E-state index is 14.6. The van der Waals surface area contributed by atoms with Crippen molar-refractivity contribution in [2.24, 2.45) is 10.7 Å². The molecule has 158 valence electrons. The van der Waals surface area contributed by atoms with Crippen LogP contribution in [0.3, 0.4) is 0 Å². The molecule has 0 saturated carbocycles. The third-order valence-electron chi connectivity index (χ3n) is 3.76. The predicted molar refractivity (Wildman–Crippen MR) is 123 cm³/mol. The van der Waals surface area contributed by atoms with Crippen LogP contribution in [0, 0.1) is 5.82 Å². The molecule has 0 saturated heterocycles. The van der Waals surface area contributed by atoms with Crippen LogP contribution in [0.5, 0.6) is 0 Å². The number of nitrogens with one attached hydrogen (secondary N) is 2. The van der Waals surface area contributed by atoms with E-state index in [0.29, 0.717) is 17.1 Å². The SMILES string of the molecule is C=C(/C=C/CN(C)C)Nc1ccc(F)c(-c2nc(N/C(C=NC)=C/N)ncc2Cl)c1. The lowest BCUT2D eigenvalue weighted by Gasteiger charge is -2.12. The number of nitrogens with two attached hydrogens (primary N) is 1. The second kappa shape index (κ2) is 11.1. The Hall–Kier alpha value is -3.23. The summed E-state index contributed by atoms with van der Waals surface area (Å²) in [7, 11) is 5.56. The van der Waals surface area contributed by atoms with Gasteiger partial charge in [-0.15, -0.1) is 0 Å². The molecule has 7 nitrogen and oxygen atoms in total. The van der Waals surface area contributed by atoms with E-state index in [1.165, 1.54) is 24.7 Å². The monoisotopic (exact) mass is 429 g/mol. The van der Waals surface area contributed by atoms with Crippen molar-refractivity contribution in [1.82, 2.24) is 14.9 Å². The summed E-state index contributed by atoms with van der Waals surface area (Å²) in [5.41, 5.74) is 7.82. The van der Waals surface area contributed by atoms with Crippen molar-refractivity contribution >= 4 is 29.5 Å². The first-order valence-corrected chi connectivity index (χ1v) is 9.42. The average molecular weight is 430 g/mol. The van der Waals surface area contributed by atoms with E-state index in [1.807, 2.05) is 31.1 Å². The Bertz CT molecular complexity index is 983. The number of halogens is 2. The third-order valence-corrected chi connectivity index (χ3v) is 4.04. The standard InChI is InChI=1S/C21H25ClFN7/c1-14(6-5-9-30(3)4)27-15-7-8-19(23)17(10-15)20-18(22)13-26-21(29-20)28-16(11-24)12-25-2/h5-8,10-13,27H,1,9,24H2,2-4H3,(H,26,28,29)/b6-5+,16-11+,25-12?. The van der Waals surface area contributed by atoms with Crippen LogP contribution in [0.2, 0.25) is 5.02 Å². The van der Waals surface area contributed by atoms with Crippen LogP contribution in [0.4, 0.5) is 16.0 Å². The topological polar surface area (TPSA) is 91.5 Å². The summed E-state index contributed by atoms with van der Waals surface area (Å²) in [6, 6.07) is 4.57. The van der Waals surface area contributed by atoms with E-state index in [4.69, 9.17) is 17.3 Å². The molecule has 0 spiro atoms. The zero-order valence-electron chi connectivity index (χ0n) is 17.2. The number of allylic oxidation sites excluding steroid dienone is 2. The zero-order chi connectivity index (χ0) is 22.1. The van der Waals surface area contributed by atoms with Crippen LogP contribution in [0.1, 0.15) is 0 Å². The largest absolute Gasteiger partial charge is 0.403 e. The fourth-order valence-corrected chi connectivity index (χ4v) is 2.61. The maximum absolute atomic E-state index is 14.6. The normalized spacial score (nSPS) is 12.1. The summed E-state index contributed by atoms with van der Waals surface area (Å²) < 4.78 is 14.6. The lowest BCUT2D eigenvalue weighted by molar-refractivity contribution is 0.456. The number of aliphatic imine (C=N–C) groups is 1. The van der Waals surface area contributed by atoms with E-state index in [-0.39, 0.29) is 22.2 Å². The molecular weight excluding hydrogens is 405 g/mol. The van der Waals surface area contributed by atoms with Crippen LogP contribution in [-0.4, -0.2) is 48.8 Å². The molecule has 0 fully saturated rings. The number of likely N-dealkylation sites (N-methyl/N-ethyl adjacent to an activating group) is 1. The highest BCUT2D eigenvalue weighted by molar-refractivity contribution is 6.33. The lowest BCUT2D eigenvalue weighted by atomic mass is 10.1. The van der Waals surface area contributed by atoms with Gasteiger partial charge in [-0.2, -0.15) is 0 Å². The van der Waals surface area contributed by atoms with E-state index in [0.717, 1.165) is 6.54 Å².